The smallest absolute Gasteiger partial charge is 0.223 e. The van der Waals surface area contributed by atoms with Gasteiger partial charge in [-0.1, -0.05) is 57.9 Å². The molecule has 3 heteroatoms. The number of benzene rings is 1. The highest BCUT2D eigenvalue weighted by atomic mass is 16.1. The summed E-state index contributed by atoms with van der Waals surface area (Å²) in [5.74, 6) is 0.555. The van der Waals surface area contributed by atoms with E-state index in [9.17, 15) is 4.79 Å². The largest absolute Gasteiger partial charge is 0.349 e. The number of carbonyl (C=O) groups excluding carboxylic acids is 1. The van der Waals surface area contributed by atoms with E-state index < -0.39 is 0 Å². The van der Waals surface area contributed by atoms with Gasteiger partial charge in [-0.15, -0.1) is 0 Å². The molecule has 1 aromatic carbocycles. The zero-order valence-corrected chi connectivity index (χ0v) is 18.1. The van der Waals surface area contributed by atoms with Gasteiger partial charge in [0.2, 0.25) is 5.91 Å². The van der Waals surface area contributed by atoms with Gasteiger partial charge in [0.25, 0.3) is 0 Å². The van der Waals surface area contributed by atoms with Gasteiger partial charge in [-0.25, -0.2) is 0 Å². The third-order valence-corrected chi connectivity index (χ3v) is 7.54. The molecule has 1 saturated heterocycles. The van der Waals surface area contributed by atoms with Gasteiger partial charge < -0.3 is 10.2 Å². The molecule has 1 atom stereocenters. The van der Waals surface area contributed by atoms with E-state index in [1.165, 1.54) is 62.9 Å². The fourth-order valence-corrected chi connectivity index (χ4v) is 5.67. The SMILES string of the molecule is CC(C)(C)CCN1CCC2(CC1)C[C@H](NC(=O)C1CCCC1)c1ccccc12.[HH]. The van der Waals surface area contributed by atoms with Gasteiger partial charge in [0, 0.05) is 12.8 Å². The molecule has 0 radical (unpaired) electrons. The summed E-state index contributed by atoms with van der Waals surface area (Å²) >= 11 is 0. The van der Waals surface area contributed by atoms with Crippen molar-refractivity contribution in [2.45, 2.75) is 83.6 Å². The maximum atomic E-state index is 12.8. The minimum atomic E-state index is 0. The minimum absolute atomic E-state index is 0. The predicted molar refractivity (Wildman–Crippen MR) is 117 cm³/mol. The molecule has 1 heterocycles. The van der Waals surface area contributed by atoms with Crippen LogP contribution in [0.2, 0.25) is 0 Å². The second-order valence-corrected chi connectivity index (χ2v) is 10.8. The molecular formula is C25H40N2O. The normalized spacial score (nSPS) is 25.2. The maximum Gasteiger partial charge on any atom is 0.223 e. The Bertz CT molecular complexity index is 697. The Hall–Kier alpha value is -1.35. The van der Waals surface area contributed by atoms with E-state index in [1.54, 1.807) is 0 Å². The van der Waals surface area contributed by atoms with Crippen LogP contribution in [0.5, 0.6) is 0 Å². The highest BCUT2D eigenvalue weighted by Crippen LogP contribution is 2.51. The topological polar surface area (TPSA) is 32.3 Å². The van der Waals surface area contributed by atoms with Crippen molar-refractivity contribution >= 4 is 5.91 Å². The lowest BCUT2D eigenvalue weighted by Gasteiger charge is -2.41. The van der Waals surface area contributed by atoms with Crippen molar-refractivity contribution in [3.8, 4) is 0 Å². The van der Waals surface area contributed by atoms with Crippen LogP contribution in [0.3, 0.4) is 0 Å². The Morgan fingerprint density at radius 3 is 2.54 bits per heavy atom. The summed E-state index contributed by atoms with van der Waals surface area (Å²) < 4.78 is 0. The lowest BCUT2D eigenvalue weighted by molar-refractivity contribution is -0.125. The molecule has 156 valence electrons. The predicted octanol–water partition coefficient (Wildman–Crippen LogP) is 5.45. The van der Waals surface area contributed by atoms with Gasteiger partial charge in [-0.05, 0) is 74.7 Å². The molecule has 1 saturated carbocycles. The first kappa shape index (κ1) is 19.9. The lowest BCUT2D eigenvalue weighted by Crippen LogP contribution is -2.43. The summed E-state index contributed by atoms with van der Waals surface area (Å²) in [6.45, 7) is 10.6. The zero-order valence-electron chi connectivity index (χ0n) is 18.1. The van der Waals surface area contributed by atoms with E-state index >= 15 is 0 Å². The second-order valence-electron chi connectivity index (χ2n) is 10.8. The van der Waals surface area contributed by atoms with E-state index in [0.717, 1.165) is 19.3 Å². The second kappa shape index (κ2) is 7.82. The monoisotopic (exact) mass is 384 g/mol. The van der Waals surface area contributed by atoms with Crippen molar-refractivity contribution < 1.29 is 6.22 Å². The van der Waals surface area contributed by atoms with Crippen LogP contribution in [0.4, 0.5) is 0 Å². The number of fused-ring (bicyclic) bond motifs is 2. The fraction of sp³-hybridized carbons (Fsp3) is 0.720. The number of likely N-dealkylation sites (tertiary alicyclic amines) is 1. The van der Waals surface area contributed by atoms with E-state index in [0.29, 0.717) is 11.3 Å². The number of nitrogens with one attached hydrogen (secondary N) is 1. The first-order chi connectivity index (χ1) is 13.4. The first-order valence-electron chi connectivity index (χ1n) is 11.5. The molecule has 1 aliphatic heterocycles. The Morgan fingerprint density at radius 2 is 1.86 bits per heavy atom. The van der Waals surface area contributed by atoms with Crippen molar-refractivity contribution in [3.63, 3.8) is 0 Å². The van der Waals surface area contributed by atoms with Gasteiger partial charge in [0.05, 0.1) is 6.04 Å². The lowest BCUT2D eigenvalue weighted by atomic mass is 9.73. The van der Waals surface area contributed by atoms with Gasteiger partial charge in [-0.2, -0.15) is 0 Å². The van der Waals surface area contributed by atoms with E-state index in [-0.39, 0.29) is 18.8 Å². The Labute approximate surface area is 172 Å². The molecule has 3 aliphatic rings. The zero-order chi connectivity index (χ0) is 19.8. The average Bonchev–Trinajstić information content (AvgIpc) is 3.29. The van der Waals surface area contributed by atoms with Crippen LogP contribution in [-0.2, 0) is 10.2 Å². The molecule has 0 bridgehead atoms. The van der Waals surface area contributed by atoms with E-state index in [1.807, 2.05) is 0 Å². The summed E-state index contributed by atoms with van der Waals surface area (Å²) in [6.07, 6.45) is 9.39. The number of amides is 1. The van der Waals surface area contributed by atoms with Crippen molar-refractivity contribution in [3.05, 3.63) is 35.4 Å². The maximum absolute atomic E-state index is 12.8. The molecule has 3 nitrogen and oxygen atoms in total. The number of carbonyl (C=O) groups is 1. The van der Waals surface area contributed by atoms with E-state index in [2.05, 4.69) is 55.3 Å². The van der Waals surface area contributed by atoms with Gasteiger partial charge in [-0.3, -0.25) is 4.79 Å². The minimum Gasteiger partial charge on any atom is -0.349 e. The van der Waals surface area contributed by atoms with Crippen molar-refractivity contribution in [2.75, 3.05) is 19.6 Å². The molecule has 4 rings (SSSR count). The highest BCUT2D eigenvalue weighted by molar-refractivity contribution is 5.79. The number of hydrogen-bond donors (Lipinski definition) is 1. The van der Waals surface area contributed by atoms with Crippen LogP contribution in [0.1, 0.15) is 90.7 Å². The van der Waals surface area contributed by atoms with Crippen molar-refractivity contribution in [1.82, 2.24) is 10.2 Å². The number of hydrogen-bond acceptors (Lipinski definition) is 2. The highest BCUT2D eigenvalue weighted by Gasteiger charge is 2.46. The molecule has 1 amide bonds. The van der Waals surface area contributed by atoms with Gasteiger partial charge in [0.1, 0.15) is 0 Å². The molecule has 0 unspecified atom stereocenters. The number of rotatable bonds is 4. The summed E-state index contributed by atoms with van der Waals surface area (Å²) in [5, 5.41) is 3.45. The molecule has 0 aromatic heterocycles. The number of nitrogens with zero attached hydrogens (tertiary/aromatic N) is 1. The average molecular weight is 385 g/mol. The van der Waals surface area contributed by atoms with Crippen molar-refractivity contribution in [1.29, 1.82) is 0 Å². The molecule has 1 N–H and O–H groups in total. The van der Waals surface area contributed by atoms with Crippen LogP contribution in [-0.4, -0.2) is 30.4 Å². The van der Waals surface area contributed by atoms with Gasteiger partial charge in [0.15, 0.2) is 0 Å². The molecular weight excluding hydrogens is 344 g/mol. The quantitative estimate of drug-likeness (QED) is 0.748. The third kappa shape index (κ3) is 4.15. The van der Waals surface area contributed by atoms with Crippen LogP contribution in [0.15, 0.2) is 24.3 Å². The Balaban J connectivity index is 0.00000240. The fourth-order valence-electron chi connectivity index (χ4n) is 5.67. The van der Waals surface area contributed by atoms with Crippen LogP contribution in [0, 0.1) is 11.3 Å². The summed E-state index contributed by atoms with van der Waals surface area (Å²) in [7, 11) is 0. The first-order valence-corrected chi connectivity index (χ1v) is 11.5. The Morgan fingerprint density at radius 1 is 1.18 bits per heavy atom. The number of piperidine rings is 1. The van der Waals surface area contributed by atoms with E-state index in [4.69, 9.17) is 0 Å². The molecule has 2 aliphatic carbocycles. The van der Waals surface area contributed by atoms with Gasteiger partial charge >= 0.3 is 0 Å². The van der Waals surface area contributed by atoms with Crippen LogP contribution < -0.4 is 5.32 Å². The summed E-state index contributed by atoms with van der Waals surface area (Å²) in [4.78, 5) is 15.5. The third-order valence-electron chi connectivity index (χ3n) is 7.54. The molecule has 2 fully saturated rings. The molecule has 28 heavy (non-hydrogen) atoms. The van der Waals surface area contributed by atoms with Crippen molar-refractivity contribution in [2.24, 2.45) is 11.3 Å². The van der Waals surface area contributed by atoms with Crippen LogP contribution in [0.25, 0.3) is 0 Å². The summed E-state index contributed by atoms with van der Waals surface area (Å²) in [5.41, 5.74) is 3.58. The van der Waals surface area contributed by atoms with Crippen LogP contribution >= 0.6 is 0 Å². The summed E-state index contributed by atoms with van der Waals surface area (Å²) in [6, 6.07) is 9.14. The Kier molecular flexibility index (Phi) is 5.57. The molecule has 1 aromatic rings. The standard InChI is InChI=1S/C25H38N2O.H2/c1-24(2,3)12-15-27-16-13-25(14-17-27)18-22(20-10-6-7-11-21(20)25)26-23(28)19-8-4-5-9-19;/h6-7,10-11,19,22H,4-5,8-9,12-18H2,1-3H3,(H,26,28);1H/t22-;/m0./s1. The molecule has 1 spiro atoms.